The Hall–Kier alpha value is -1.68. The van der Waals surface area contributed by atoms with E-state index in [2.05, 4.69) is 5.32 Å². The number of amides is 1. The van der Waals surface area contributed by atoms with Crippen molar-refractivity contribution in [1.29, 1.82) is 0 Å². The third kappa shape index (κ3) is 4.17. The van der Waals surface area contributed by atoms with Crippen LogP contribution < -0.4 is 5.32 Å². The first-order valence-electron chi connectivity index (χ1n) is 7.05. The molecule has 3 nitrogen and oxygen atoms in total. The van der Waals surface area contributed by atoms with Crippen molar-refractivity contribution in [3.63, 3.8) is 0 Å². The van der Waals surface area contributed by atoms with Gasteiger partial charge >= 0.3 is 0 Å². The fraction of sp³-hybridized carbons (Fsp3) is 0.438. The lowest BCUT2D eigenvalue weighted by atomic mass is 9.86. The van der Waals surface area contributed by atoms with Gasteiger partial charge in [0.15, 0.2) is 0 Å². The van der Waals surface area contributed by atoms with Gasteiger partial charge in [-0.2, -0.15) is 0 Å². The van der Waals surface area contributed by atoms with Crippen LogP contribution in [0.15, 0.2) is 30.3 Å². The van der Waals surface area contributed by atoms with Gasteiger partial charge < -0.3 is 10.4 Å². The number of rotatable bonds is 4. The number of halogens is 1. The summed E-state index contributed by atoms with van der Waals surface area (Å²) >= 11 is 0. The number of aliphatic hydroxyl groups is 1. The molecule has 0 aromatic heterocycles. The summed E-state index contributed by atoms with van der Waals surface area (Å²) in [7, 11) is 0. The van der Waals surface area contributed by atoms with Gasteiger partial charge in [-0.1, -0.05) is 31.0 Å². The van der Waals surface area contributed by atoms with E-state index in [4.69, 9.17) is 0 Å². The minimum absolute atomic E-state index is 0.134. The van der Waals surface area contributed by atoms with Gasteiger partial charge in [0.25, 0.3) is 0 Å². The van der Waals surface area contributed by atoms with E-state index in [9.17, 15) is 14.3 Å². The van der Waals surface area contributed by atoms with Gasteiger partial charge in [0, 0.05) is 24.1 Å². The van der Waals surface area contributed by atoms with E-state index in [1.54, 1.807) is 18.2 Å². The van der Waals surface area contributed by atoms with Crippen LogP contribution in [0.1, 0.15) is 31.2 Å². The summed E-state index contributed by atoms with van der Waals surface area (Å²) in [5.74, 6) is -0.472. The number of nitrogens with one attached hydrogen (secondary N) is 1. The summed E-state index contributed by atoms with van der Waals surface area (Å²) in [6, 6.07) is 6.30. The van der Waals surface area contributed by atoms with E-state index >= 15 is 0 Å². The average molecular weight is 277 g/mol. The largest absolute Gasteiger partial charge is 0.393 e. The second-order valence-electron chi connectivity index (χ2n) is 5.21. The maximum atomic E-state index is 13.4. The molecule has 1 amide bonds. The number of carbonyl (C=O) groups is 1. The number of carbonyl (C=O) groups excluding carboxylic acids is 1. The number of aliphatic hydroxyl groups excluding tert-OH is 1. The Kier molecular flexibility index (Phi) is 5.30. The Balaban J connectivity index is 1.82. The number of hydrogen-bond donors (Lipinski definition) is 2. The van der Waals surface area contributed by atoms with Gasteiger partial charge in [0.2, 0.25) is 5.91 Å². The molecule has 2 rings (SSSR count). The number of benzene rings is 1. The molecule has 0 heterocycles. The average Bonchev–Trinajstić information content (AvgIpc) is 2.45. The van der Waals surface area contributed by atoms with E-state index in [0.29, 0.717) is 12.1 Å². The van der Waals surface area contributed by atoms with Gasteiger partial charge in [0.05, 0.1) is 6.10 Å². The molecule has 1 aliphatic carbocycles. The lowest BCUT2D eigenvalue weighted by Crippen LogP contribution is -2.36. The minimum atomic E-state index is -0.348. The van der Waals surface area contributed by atoms with Crippen LogP contribution in [0.5, 0.6) is 0 Å². The van der Waals surface area contributed by atoms with E-state index in [-0.39, 0.29) is 23.7 Å². The molecule has 0 spiro atoms. The van der Waals surface area contributed by atoms with Crippen LogP contribution in [0.2, 0.25) is 0 Å². The highest BCUT2D eigenvalue weighted by Gasteiger charge is 2.22. The minimum Gasteiger partial charge on any atom is -0.393 e. The highest BCUT2D eigenvalue weighted by atomic mass is 19.1. The van der Waals surface area contributed by atoms with Crippen LogP contribution >= 0.6 is 0 Å². The molecule has 1 aliphatic rings. The maximum absolute atomic E-state index is 13.4. The summed E-state index contributed by atoms with van der Waals surface area (Å²) in [5, 5.41) is 12.6. The first kappa shape index (κ1) is 14.7. The molecular weight excluding hydrogens is 257 g/mol. The molecule has 0 radical (unpaired) electrons. The summed E-state index contributed by atoms with van der Waals surface area (Å²) in [4.78, 5) is 11.7. The smallest absolute Gasteiger partial charge is 0.244 e. The van der Waals surface area contributed by atoms with Crippen molar-refractivity contribution in [2.24, 2.45) is 5.92 Å². The Morgan fingerprint density at radius 2 is 2.10 bits per heavy atom. The maximum Gasteiger partial charge on any atom is 0.244 e. The van der Waals surface area contributed by atoms with Crippen molar-refractivity contribution in [3.05, 3.63) is 41.7 Å². The van der Waals surface area contributed by atoms with Gasteiger partial charge in [0.1, 0.15) is 5.82 Å². The molecular formula is C16H20FNO2. The second kappa shape index (κ2) is 7.20. The van der Waals surface area contributed by atoms with Crippen molar-refractivity contribution in [3.8, 4) is 0 Å². The van der Waals surface area contributed by atoms with Crippen LogP contribution in [-0.4, -0.2) is 23.7 Å². The van der Waals surface area contributed by atoms with Crippen LogP contribution in [0.25, 0.3) is 6.08 Å². The zero-order valence-electron chi connectivity index (χ0n) is 11.4. The van der Waals surface area contributed by atoms with E-state index < -0.39 is 0 Å². The van der Waals surface area contributed by atoms with Crippen molar-refractivity contribution >= 4 is 12.0 Å². The fourth-order valence-electron chi connectivity index (χ4n) is 2.49. The van der Waals surface area contributed by atoms with Gasteiger partial charge in [-0.3, -0.25) is 4.79 Å². The summed E-state index contributed by atoms with van der Waals surface area (Å²) in [6.07, 6.45) is 6.38. The predicted molar refractivity (Wildman–Crippen MR) is 76.4 cm³/mol. The van der Waals surface area contributed by atoms with Crippen LogP contribution in [0.4, 0.5) is 4.39 Å². The third-order valence-electron chi connectivity index (χ3n) is 3.73. The zero-order chi connectivity index (χ0) is 14.4. The van der Waals surface area contributed by atoms with Crippen molar-refractivity contribution in [2.75, 3.05) is 6.54 Å². The van der Waals surface area contributed by atoms with E-state index in [0.717, 1.165) is 25.7 Å². The summed E-state index contributed by atoms with van der Waals surface area (Å²) < 4.78 is 13.4. The number of hydrogen-bond acceptors (Lipinski definition) is 2. The quantitative estimate of drug-likeness (QED) is 0.831. The molecule has 20 heavy (non-hydrogen) atoms. The molecule has 0 saturated heterocycles. The molecule has 4 heteroatoms. The van der Waals surface area contributed by atoms with Crippen LogP contribution in [0, 0.1) is 11.7 Å². The van der Waals surface area contributed by atoms with Crippen molar-refractivity contribution in [1.82, 2.24) is 5.32 Å². The monoisotopic (exact) mass is 277 g/mol. The molecule has 1 aromatic carbocycles. The lowest BCUT2D eigenvalue weighted by Gasteiger charge is -2.27. The Morgan fingerprint density at radius 3 is 2.85 bits per heavy atom. The normalized spacial score (nSPS) is 22.9. The molecule has 2 unspecified atom stereocenters. The molecule has 108 valence electrons. The fourth-order valence-corrected chi connectivity index (χ4v) is 2.49. The van der Waals surface area contributed by atoms with Gasteiger partial charge in [-0.25, -0.2) is 4.39 Å². The molecule has 2 N–H and O–H groups in total. The molecule has 1 aromatic rings. The molecule has 1 saturated carbocycles. The summed E-state index contributed by atoms with van der Waals surface area (Å²) in [6.45, 7) is 0.474. The SMILES string of the molecule is O=C(C=Cc1ccccc1F)NCC1CCCCC1O. The topological polar surface area (TPSA) is 49.3 Å². The lowest BCUT2D eigenvalue weighted by molar-refractivity contribution is -0.116. The molecule has 2 atom stereocenters. The standard InChI is InChI=1S/C16H20FNO2/c17-14-7-3-1-5-12(14)9-10-16(20)18-11-13-6-2-4-8-15(13)19/h1,3,5,7,9-10,13,15,19H,2,4,6,8,11H2,(H,18,20). The van der Waals surface area contributed by atoms with Gasteiger partial charge in [-0.05, 0) is 25.0 Å². The van der Waals surface area contributed by atoms with E-state index in [1.165, 1.54) is 18.2 Å². The third-order valence-corrected chi connectivity index (χ3v) is 3.73. The highest BCUT2D eigenvalue weighted by Crippen LogP contribution is 2.23. The first-order valence-corrected chi connectivity index (χ1v) is 7.05. The Labute approximate surface area is 118 Å². The van der Waals surface area contributed by atoms with E-state index in [1.807, 2.05) is 0 Å². The predicted octanol–water partition coefficient (Wildman–Crippen LogP) is 2.51. The Morgan fingerprint density at radius 1 is 1.35 bits per heavy atom. The molecule has 0 bridgehead atoms. The van der Waals surface area contributed by atoms with Crippen molar-refractivity contribution in [2.45, 2.75) is 31.8 Å². The van der Waals surface area contributed by atoms with Crippen molar-refractivity contribution < 1.29 is 14.3 Å². The Bertz CT molecular complexity index is 487. The highest BCUT2D eigenvalue weighted by molar-refractivity contribution is 5.91. The van der Waals surface area contributed by atoms with Crippen LogP contribution in [-0.2, 0) is 4.79 Å². The van der Waals surface area contributed by atoms with Gasteiger partial charge in [-0.15, -0.1) is 0 Å². The zero-order valence-corrected chi connectivity index (χ0v) is 11.4. The second-order valence-corrected chi connectivity index (χ2v) is 5.21. The molecule has 1 fully saturated rings. The summed E-state index contributed by atoms with van der Waals surface area (Å²) in [5.41, 5.74) is 0.389. The molecule has 0 aliphatic heterocycles. The van der Waals surface area contributed by atoms with Crippen LogP contribution in [0.3, 0.4) is 0 Å². The first-order chi connectivity index (χ1) is 9.66.